The normalized spacial score (nSPS) is 27.8. The molecule has 2 heterocycles. The lowest BCUT2D eigenvalue weighted by atomic mass is 9.89. The molecule has 0 radical (unpaired) electrons. The van der Waals surface area contributed by atoms with Crippen LogP contribution in [0.4, 0.5) is 0 Å². The monoisotopic (exact) mass is 318 g/mol. The van der Waals surface area contributed by atoms with E-state index in [2.05, 4.69) is 18.8 Å². The molecule has 5 heteroatoms. The summed E-state index contributed by atoms with van der Waals surface area (Å²) in [6.45, 7) is 6.70. The summed E-state index contributed by atoms with van der Waals surface area (Å²) in [6.07, 6.45) is 5.14. The second-order valence-corrected chi connectivity index (χ2v) is 6.83. The number of aromatic nitrogens is 1. The zero-order valence-corrected chi connectivity index (χ0v) is 14.0. The number of hydrogen-bond donors (Lipinski definition) is 0. The average Bonchev–Trinajstić information content (AvgIpc) is 2.95. The Bertz CT molecular complexity index is 534. The predicted octanol–water partition coefficient (Wildman–Crippen LogP) is 2.52. The minimum absolute atomic E-state index is 0.00343. The van der Waals surface area contributed by atoms with E-state index in [1.54, 1.807) is 12.3 Å². The lowest BCUT2D eigenvalue weighted by molar-refractivity contribution is -0.136. The van der Waals surface area contributed by atoms with Crippen LogP contribution in [0.1, 0.15) is 43.6 Å². The molecule has 1 spiro atoms. The Morgan fingerprint density at radius 2 is 2.39 bits per heavy atom. The van der Waals surface area contributed by atoms with Gasteiger partial charge in [0.25, 0.3) is 5.91 Å². The predicted molar refractivity (Wildman–Crippen MR) is 87.3 cm³/mol. The van der Waals surface area contributed by atoms with Crippen molar-refractivity contribution >= 4 is 5.91 Å². The fourth-order valence-electron chi connectivity index (χ4n) is 3.69. The lowest BCUT2D eigenvalue weighted by Crippen LogP contribution is -2.56. The first-order valence-electron chi connectivity index (χ1n) is 8.56. The van der Waals surface area contributed by atoms with Crippen molar-refractivity contribution in [2.75, 3.05) is 26.3 Å². The first-order valence-corrected chi connectivity index (χ1v) is 8.56. The van der Waals surface area contributed by atoms with Crippen LogP contribution in [0.3, 0.4) is 0 Å². The summed E-state index contributed by atoms with van der Waals surface area (Å²) in [5, 5.41) is 0. The summed E-state index contributed by atoms with van der Waals surface area (Å²) in [4.78, 5) is 18.8. The number of hydrogen-bond acceptors (Lipinski definition) is 4. The van der Waals surface area contributed by atoms with E-state index in [1.807, 2.05) is 17.0 Å². The van der Waals surface area contributed by atoms with Gasteiger partial charge in [0.15, 0.2) is 0 Å². The number of carbonyl (C=O) groups is 1. The highest BCUT2D eigenvalue weighted by Crippen LogP contribution is 2.41. The molecule has 126 valence electrons. The van der Waals surface area contributed by atoms with Crippen LogP contribution in [0.2, 0.25) is 0 Å². The van der Waals surface area contributed by atoms with Gasteiger partial charge < -0.3 is 14.4 Å². The minimum atomic E-state index is -0.239. The summed E-state index contributed by atoms with van der Waals surface area (Å²) in [6, 6.07) is 5.46. The third kappa shape index (κ3) is 3.56. The minimum Gasteiger partial charge on any atom is -0.378 e. The maximum Gasteiger partial charge on any atom is 0.272 e. The topological polar surface area (TPSA) is 51.7 Å². The van der Waals surface area contributed by atoms with Gasteiger partial charge in [0.1, 0.15) is 5.69 Å². The van der Waals surface area contributed by atoms with Crippen LogP contribution in [0, 0.1) is 5.92 Å². The van der Waals surface area contributed by atoms with Crippen molar-refractivity contribution in [1.82, 2.24) is 9.88 Å². The Hall–Kier alpha value is -1.46. The van der Waals surface area contributed by atoms with Gasteiger partial charge in [0.2, 0.25) is 0 Å². The highest BCUT2D eigenvalue weighted by Gasteiger charge is 2.48. The van der Waals surface area contributed by atoms with Crippen molar-refractivity contribution in [3.8, 4) is 0 Å². The Kier molecular flexibility index (Phi) is 4.97. The van der Waals surface area contributed by atoms with Gasteiger partial charge in [-0.25, -0.2) is 0 Å². The smallest absolute Gasteiger partial charge is 0.272 e. The maximum absolute atomic E-state index is 12.7. The van der Waals surface area contributed by atoms with Crippen molar-refractivity contribution < 1.29 is 14.3 Å². The van der Waals surface area contributed by atoms with Crippen LogP contribution in [0.5, 0.6) is 0 Å². The lowest BCUT2D eigenvalue weighted by Gasteiger charge is -2.44. The quantitative estimate of drug-likeness (QED) is 0.856. The summed E-state index contributed by atoms with van der Waals surface area (Å²) in [5.41, 5.74) is 0.273. The Labute approximate surface area is 138 Å². The molecule has 2 fully saturated rings. The van der Waals surface area contributed by atoms with E-state index in [9.17, 15) is 4.79 Å². The highest BCUT2D eigenvalue weighted by molar-refractivity contribution is 5.92. The molecule has 1 aromatic rings. The second kappa shape index (κ2) is 6.97. The molecule has 1 saturated carbocycles. The molecular weight excluding hydrogens is 292 g/mol. The zero-order valence-electron chi connectivity index (χ0n) is 14.0. The molecule has 0 bridgehead atoms. The van der Waals surface area contributed by atoms with Gasteiger partial charge in [0.05, 0.1) is 31.5 Å². The van der Waals surface area contributed by atoms with E-state index in [0.29, 0.717) is 37.9 Å². The van der Waals surface area contributed by atoms with Gasteiger partial charge in [0, 0.05) is 18.7 Å². The van der Waals surface area contributed by atoms with Crippen LogP contribution in [-0.4, -0.2) is 53.8 Å². The molecule has 2 aliphatic rings. The summed E-state index contributed by atoms with van der Waals surface area (Å²) < 4.78 is 12.0. The Morgan fingerprint density at radius 1 is 1.52 bits per heavy atom. The molecular formula is C18H26N2O3. The molecule has 0 unspecified atom stereocenters. The van der Waals surface area contributed by atoms with Gasteiger partial charge in [-0.05, 0) is 38.8 Å². The number of rotatable bonds is 4. The van der Waals surface area contributed by atoms with Crippen molar-refractivity contribution in [2.45, 2.75) is 44.8 Å². The first kappa shape index (κ1) is 16.4. The molecule has 2 atom stereocenters. The standard InChI is InChI=1S/C18H26N2O3/c1-14(2)22-12-15-6-5-8-18(15)13-20(10-11-23-18)17(21)16-7-3-4-9-19-16/h3-4,7,9,14-15H,5-6,8,10-13H2,1-2H3/t15-,18+/m0/s1. The van der Waals surface area contributed by atoms with Crippen molar-refractivity contribution in [3.05, 3.63) is 30.1 Å². The largest absolute Gasteiger partial charge is 0.378 e. The maximum atomic E-state index is 12.7. The third-order valence-electron chi connectivity index (χ3n) is 4.91. The SMILES string of the molecule is CC(C)OC[C@@H]1CCC[C@@]12CN(C(=O)c1ccccn1)CCO2. The van der Waals surface area contributed by atoms with E-state index in [0.717, 1.165) is 19.3 Å². The Balaban J connectivity index is 1.70. The molecule has 3 rings (SSSR count). The number of carbonyl (C=O) groups excluding carboxylic acids is 1. The highest BCUT2D eigenvalue weighted by atomic mass is 16.5. The number of amides is 1. The summed E-state index contributed by atoms with van der Waals surface area (Å²) >= 11 is 0. The second-order valence-electron chi connectivity index (χ2n) is 6.83. The fourth-order valence-corrected chi connectivity index (χ4v) is 3.69. The van der Waals surface area contributed by atoms with E-state index in [4.69, 9.17) is 9.47 Å². The fraction of sp³-hybridized carbons (Fsp3) is 0.667. The van der Waals surface area contributed by atoms with Gasteiger partial charge in [-0.1, -0.05) is 12.5 Å². The van der Waals surface area contributed by atoms with Crippen LogP contribution in [0.25, 0.3) is 0 Å². The van der Waals surface area contributed by atoms with E-state index in [-0.39, 0.29) is 17.6 Å². The first-order chi connectivity index (χ1) is 11.1. The van der Waals surface area contributed by atoms with Crippen LogP contribution in [0.15, 0.2) is 24.4 Å². The molecule has 1 saturated heterocycles. The van der Waals surface area contributed by atoms with Gasteiger partial charge in [-0.3, -0.25) is 9.78 Å². The van der Waals surface area contributed by atoms with Crippen molar-refractivity contribution in [3.63, 3.8) is 0 Å². The van der Waals surface area contributed by atoms with Gasteiger partial charge in [-0.15, -0.1) is 0 Å². The molecule has 1 aliphatic carbocycles. The number of morpholine rings is 1. The zero-order chi connectivity index (χ0) is 16.3. The number of ether oxygens (including phenoxy) is 2. The molecule has 0 N–H and O–H groups in total. The van der Waals surface area contributed by atoms with Crippen LogP contribution in [-0.2, 0) is 9.47 Å². The van der Waals surface area contributed by atoms with Crippen LogP contribution >= 0.6 is 0 Å². The molecule has 1 aromatic heterocycles. The summed E-state index contributed by atoms with van der Waals surface area (Å²) in [5.74, 6) is 0.368. The van der Waals surface area contributed by atoms with Gasteiger partial charge in [-0.2, -0.15) is 0 Å². The van der Waals surface area contributed by atoms with E-state index in [1.165, 1.54) is 0 Å². The van der Waals surface area contributed by atoms with E-state index >= 15 is 0 Å². The average molecular weight is 318 g/mol. The van der Waals surface area contributed by atoms with Gasteiger partial charge >= 0.3 is 0 Å². The summed E-state index contributed by atoms with van der Waals surface area (Å²) in [7, 11) is 0. The molecule has 5 nitrogen and oxygen atoms in total. The number of nitrogens with zero attached hydrogens (tertiary/aromatic N) is 2. The molecule has 1 amide bonds. The van der Waals surface area contributed by atoms with Crippen molar-refractivity contribution in [1.29, 1.82) is 0 Å². The molecule has 1 aliphatic heterocycles. The molecule has 0 aromatic carbocycles. The number of pyridine rings is 1. The van der Waals surface area contributed by atoms with Crippen LogP contribution < -0.4 is 0 Å². The van der Waals surface area contributed by atoms with E-state index < -0.39 is 0 Å². The Morgan fingerprint density at radius 3 is 3.13 bits per heavy atom. The van der Waals surface area contributed by atoms with Crippen molar-refractivity contribution in [2.24, 2.45) is 5.92 Å². The third-order valence-corrected chi connectivity index (χ3v) is 4.91. The molecule has 23 heavy (non-hydrogen) atoms.